The Balaban J connectivity index is 1.32. The highest BCUT2D eigenvalue weighted by Gasteiger charge is 2.35. The Bertz CT molecular complexity index is 1080. The van der Waals surface area contributed by atoms with Crippen molar-refractivity contribution in [1.29, 1.82) is 0 Å². The SMILES string of the molecule is CC(C)c1ccc(NC(=O)CC2C(=O)NCCN2C(=O)CN2CCN(c3ccccc3F)CC2)cc1. The van der Waals surface area contributed by atoms with Crippen molar-refractivity contribution >= 4 is 29.1 Å². The fourth-order valence-electron chi connectivity index (χ4n) is 4.69. The number of nitrogens with one attached hydrogen (secondary N) is 2. The Hall–Kier alpha value is -3.46. The van der Waals surface area contributed by atoms with Gasteiger partial charge >= 0.3 is 0 Å². The quantitative estimate of drug-likeness (QED) is 0.617. The van der Waals surface area contributed by atoms with E-state index in [1.807, 2.05) is 40.1 Å². The van der Waals surface area contributed by atoms with Gasteiger partial charge in [-0.05, 0) is 35.7 Å². The molecular weight excluding hydrogens is 461 g/mol. The van der Waals surface area contributed by atoms with E-state index in [-0.39, 0.29) is 36.5 Å². The number of para-hydroxylation sites is 1. The van der Waals surface area contributed by atoms with Crippen LogP contribution < -0.4 is 15.5 Å². The number of piperazine rings is 2. The molecule has 2 aliphatic rings. The maximum absolute atomic E-state index is 14.1. The van der Waals surface area contributed by atoms with Crippen molar-refractivity contribution in [3.8, 4) is 0 Å². The molecule has 0 spiro atoms. The second kappa shape index (κ2) is 11.5. The first kappa shape index (κ1) is 25.6. The molecule has 192 valence electrons. The lowest BCUT2D eigenvalue weighted by atomic mass is 10.0. The zero-order valence-corrected chi connectivity index (χ0v) is 20.9. The van der Waals surface area contributed by atoms with E-state index in [2.05, 4.69) is 24.5 Å². The normalized spacial score (nSPS) is 18.8. The minimum Gasteiger partial charge on any atom is -0.367 e. The molecule has 1 unspecified atom stereocenters. The van der Waals surface area contributed by atoms with Crippen LogP contribution in [0.25, 0.3) is 0 Å². The molecule has 0 aromatic heterocycles. The van der Waals surface area contributed by atoms with Crippen LogP contribution >= 0.6 is 0 Å². The van der Waals surface area contributed by atoms with Crippen LogP contribution in [-0.4, -0.2) is 79.4 Å². The van der Waals surface area contributed by atoms with Crippen molar-refractivity contribution < 1.29 is 18.8 Å². The number of rotatable bonds is 7. The smallest absolute Gasteiger partial charge is 0.243 e. The van der Waals surface area contributed by atoms with Crippen LogP contribution in [-0.2, 0) is 14.4 Å². The number of benzene rings is 2. The first-order valence-corrected chi connectivity index (χ1v) is 12.5. The van der Waals surface area contributed by atoms with Gasteiger partial charge in [0.15, 0.2) is 0 Å². The lowest BCUT2D eigenvalue weighted by Crippen LogP contribution is -2.60. The third-order valence-electron chi connectivity index (χ3n) is 6.82. The Morgan fingerprint density at radius 2 is 1.72 bits per heavy atom. The third kappa shape index (κ3) is 6.20. The second-order valence-electron chi connectivity index (χ2n) is 9.64. The number of carbonyl (C=O) groups is 3. The van der Waals surface area contributed by atoms with Gasteiger partial charge in [-0.1, -0.05) is 38.1 Å². The van der Waals surface area contributed by atoms with Crippen molar-refractivity contribution in [2.45, 2.75) is 32.2 Å². The van der Waals surface area contributed by atoms with Crippen molar-refractivity contribution in [3.63, 3.8) is 0 Å². The van der Waals surface area contributed by atoms with Crippen molar-refractivity contribution in [2.75, 3.05) is 56.0 Å². The molecule has 36 heavy (non-hydrogen) atoms. The number of nitrogens with zero attached hydrogens (tertiary/aromatic N) is 3. The van der Waals surface area contributed by atoms with Gasteiger partial charge in [0, 0.05) is 45.0 Å². The predicted molar refractivity (Wildman–Crippen MR) is 137 cm³/mol. The highest BCUT2D eigenvalue weighted by atomic mass is 19.1. The minimum absolute atomic E-state index is 0.107. The molecule has 1 atom stereocenters. The second-order valence-corrected chi connectivity index (χ2v) is 9.64. The number of amides is 3. The number of halogens is 1. The van der Waals surface area contributed by atoms with E-state index in [0.29, 0.717) is 56.6 Å². The summed E-state index contributed by atoms with van der Waals surface area (Å²) in [6.45, 7) is 7.52. The molecule has 8 nitrogen and oxygen atoms in total. The summed E-state index contributed by atoms with van der Waals surface area (Å²) in [6.07, 6.45) is -0.107. The van der Waals surface area contributed by atoms with E-state index in [4.69, 9.17) is 0 Å². The summed E-state index contributed by atoms with van der Waals surface area (Å²) in [5.41, 5.74) is 2.40. The summed E-state index contributed by atoms with van der Waals surface area (Å²) in [6, 6.07) is 13.5. The molecule has 9 heteroatoms. The zero-order chi connectivity index (χ0) is 25.7. The predicted octanol–water partition coefficient (Wildman–Crippen LogP) is 2.43. The number of carbonyl (C=O) groups excluding carboxylic acids is 3. The van der Waals surface area contributed by atoms with E-state index in [1.54, 1.807) is 12.1 Å². The van der Waals surface area contributed by atoms with Gasteiger partial charge < -0.3 is 20.4 Å². The highest BCUT2D eigenvalue weighted by molar-refractivity contribution is 5.97. The molecule has 0 saturated carbocycles. The first-order valence-electron chi connectivity index (χ1n) is 12.5. The number of anilines is 2. The fraction of sp³-hybridized carbons (Fsp3) is 0.444. The summed E-state index contributed by atoms with van der Waals surface area (Å²) in [7, 11) is 0. The standard InChI is InChI=1S/C27H34FN5O3/c1-19(2)20-7-9-21(10-8-20)30-25(34)17-24-27(36)29-11-12-33(24)26(35)18-31-13-15-32(16-14-31)23-6-4-3-5-22(23)28/h3-10,19,24H,11-18H2,1-2H3,(H,29,36)(H,30,34). The molecule has 3 amide bonds. The average Bonchev–Trinajstić information content (AvgIpc) is 2.86. The molecule has 2 aromatic carbocycles. The molecule has 2 fully saturated rings. The van der Waals surface area contributed by atoms with E-state index >= 15 is 0 Å². The molecule has 2 N–H and O–H groups in total. The van der Waals surface area contributed by atoms with Crippen LogP contribution in [0, 0.1) is 5.82 Å². The number of hydrogen-bond donors (Lipinski definition) is 2. The van der Waals surface area contributed by atoms with Gasteiger partial charge in [0.1, 0.15) is 11.9 Å². The topological polar surface area (TPSA) is 85.0 Å². The fourth-order valence-corrected chi connectivity index (χ4v) is 4.69. The van der Waals surface area contributed by atoms with Crippen LogP contribution in [0.3, 0.4) is 0 Å². The molecular formula is C27H34FN5O3. The monoisotopic (exact) mass is 495 g/mol. The zero-order valence-electron chi connectivity index (χ0n) is 20.9. The maximum atomic E-state index is 14.1. The van der Waals surface area contributed by atoms with Crippen molar-refractivity contribution in [1.82, 2.24) is 15.1 Å². The van der Waals surface area contributed by atoms with Gasteiger partial charge in [-0.2, -0.15) is 0 Å². The molecule has 2 saturated heterocycles. The van der Waals surface area contributed by atoms with Crippen LogP contribution in [0.2, 0.25) is 0 Å². The molecule has 2 aliphatic heterocycles. The van der Waals surface area contributed by atoms with E-state index in [9.17, 15) is 18.8 Å². The molecule has 0 aliphatic carbocycles. The largest absolute Gasteiger partial charge is 0.367 e. The summed E-state index contributed by atoms with van der Waals surface area (Å²) in [4.78, 5) is 44.0. The van der Waals surface area contributed by atoms with Crippen LogP contribution in [0.5, 0.6) is 0 Å². The third-order valence-corrected chi connectivity index (χ3v) is 6.82. The van der Waals surface area contributed by atoms with Crippen LogP contribution in [0.15, 0.2) is 48.5 Å². The minimum atomic E-state index is -0.846. The van der Waals surface area contributed by atoms with Gasteiger partial charge in [-0.25, -0.2) is 4.39 Å². The summed E-state index contributed by atoms with van der Waals surface area (Å²) in [5.74, 6) is -0.667. The Morgan fingerprint density at radius 1 is 1.03 bits per heavy atom. The Kier molecular flexibility index (Phi) is 8.20. The van der Waals surface area contributed by atoms with Crippen LogP contribution in [0.1, 0.15) is 31.7 Å². The molecule has 0 bridgehead atoms. The van der Waals surface area contributed by atoms with Crippen molar-refractivity contribution in [2.24, 2.45) is 0 Å². The van der Waals surface area contributed by atoms with Gasteiger partial charge in [-0.3, -0.25) is 19.3 Å². The van der Waals surface area contributed by atoms with Crippen molar-refractivity contribution in [3.05, 3.63) is 59.9 Å². The van der Waals surface area contributed by atoms with Gasteiger partial charge in [-0.15, -0.1) is 0 Å². The lowest BCUT2D eigenvalue weighted by molar-refractivity contribution is -0.145. The Labute approximate surface area is 211 Å². The van der Waals surface area contributed by atoms with Gasteiger partial charge in [0.05, 0.1) is 18.7 Å². The average molecular weight is 496 g/mol. The molecule has 0 radical (unpaired) electrons. The summed E-state index contributed by atoms with van der Waals surface area (Å²) >= 11 is 0. The molecule has 2 heterocycles. The van der Waals surface area contributed by atoms with E-state index < -0.39 is 6.04 Å². The van der Waals surface area contributed by atoms with Gasteiger partial charge in [0.25, 0.3) is 0 Å². The van der Waals surface area contributed by atoms with Gasteiger partial charge in [0.2, 0.25) is 17.7 Å². The summed E-state index contributed by atoms with van der Waals surface area (Å²) in [5, 5.41) is 5.61. The van der Waals surface area contributed by atoms with E-state index in [1.165, 1.54) is 16.5 Å². The maximum Gasteiger partial charge on any atom is 0.243 e. The number of hydrogen-bond acceptors (Lipinski definition) is 5. The summed E-state index contributed by atoms with van der Waals surface area (Å²) < 4.78 is 14.1. The highest BCUT2D eigenvalue weighted by Crippen LogP contribution is 2.21. The van der Waals surface area contributed by atoms with Crippen LogP contribution in [0.4, 0.5) is 15.8 Å². The van der Waals surface area contributed by atoms with E-state index in [0.717, 1.165) is 0 Å². The first-order chi connectivity index (χ1) is 17.3. The lowest BCUT2D eigenvalue weighted by Gasteiger charge is -2.39. The molecule has 4 rings (SSSR count). The Morgan fingerprint density at radius 3 is 2.39 bits per heavy atom. The molecule has 2 aromatic rings.